The Hall–Kier alpha value is -2.18. The third-order valence-electron chi connectivity index (χ3n) is 4.46. The topological polar surface area (TPSA) is 66.5 Å². The summed E-state index contributed by atoms with van der Waals surface area (Å²) in [6, 6.07) is 7.57. The zero-order valence-electron chi connectivity index (χ0n) is 14.0. The standard InChI is InChI=1S/C18H24N4O2/c1-24-10-9-22-8-6-14(13-22)11-20-18(23)21-17-4-2-3-15-12-19-7-5-16(15)17/h2-5,7,12,14H,6,8-11,13H2,1H3,(H2,20,21,23). The number of carbonyl (C=O) groups is 1. The number of ether oxygens (including phenoxy) is 1. The SMILES string of the molecule is COCCN1CCC(CNC(=O)Nc2cccc3cnccc23)C1. The number of aromatic nitrogens is 1. The molecule has 1 unspecified atom stereocenters. The minimum atomic E-state index is -0.158. The first-order valence-electron chi connectivity index (χ1n) is 8.35. The van der Waals surface area contributed by atoms with Crippen molar-refractivity contribution in [1.82, 2.24) is 15.2 Å². The van der Waals surface area contributed by atoms with E-state index in [9.17, 15) is 4.79 Å². The van der Waals surface area contributed by atoms with E-state index < -0.39 is 0 Å². The Labute approximate surface area is 142 Å². The predicted octanol–water partition coefficient (Wildman–Crippen LogP) is 2.32. The van der Waals surface area contributed by atoms with E-state index in [0.29, 0.717) is 12.5 Å². The van der Waals surface area contributed by atoms with Gasteiger partial charge in [-0.1, -0.05) is 12.1 Å². The number of hydrogen-bond donors (Lipinski definition) is 2. The number of pyridine rings is 1. The number of carbonyl (C=O) groups excluding carboxylic acids is 1. The molecule has 2 N–H and O–H groups in total. The monoisotopic (exact) mass is 328 g/mol. The van der Waals surface area contributed by atoms with Gasteiger partial charge in [-0.25, -0.2) is 4.79 Å². The maximum atomic E-state index is 12.2. The second-order valence-electron chi connectivity index (χ2n) is 6.19. The zero-order valence-corrected chi connectivity index (χ0v) is 14.0. The molecule has 1 atom stereocenters. The van der Waals surface area contributed by atoms with Gasteiger partial charge in [0.2, 0.25) is 0 Å². The van der Waals surface area contributed by atoms with Crippen LogP contribution in [0.3, 0.4) is 0 Å². The molecule has 3 rings (SSSR count). The van der Waals surface area contributed by atoms with Crippen LogP contribution >= 0.6 is 0 Å². The van der Waals surface area contributed by atoms with E-state index in [4.69, 9.17) is 4.74 Å². The molecule has 0 bridgehead atoms. The van der Waals surface area contributed by atoms with Gasteiger partial charge in [0.25, 0.3) is 0 Å². The number of methoxy groups -OCH3 is 1. The number of nitrogens with zero attached hydrogens (tertiary/aromatic N) is 2. The van der Waals surface area contributed by atoms with Crippen LogP contribution in [-0.4, -0.2) is 55.8 Å². The first kappa shape index (κ1) is 16.7. The molecule has 2 heterocycles. The number of fused-ring (bicyclic) bond motifs is 1. The van der Waals surface area contributed by atoms with Gasteiger partial charge in [-0.15, -0.1) is 0 Å². The van der Waals surface area contributed by atoms with Crippen molar-refractivity contribution < 1.29 is 9.53 Å². The molecular formula is C18H24N4O2. The van der Waals surface area contributed by atoms with E-state index in [2.05, 4.69) is 20.5 Å². The molecule has 128 valence electrons. The van der Waals surface area contributed by atoms with Gasteiger partial charge in [-0.3, -0.25) is 4.98 Å². The number of hydrogen-bond acceptors (Lipinski definition) is 4. The fourth-order valence-electron chi connectivity index (χ4n) is 3.14. The minimum absolute atomic E-state index is 0.158. The number of benzene rings is 1. The maximum absolute atomic E-state index is 12.2. The van der Waals surface area contributed by atoms with Crippen molar-refractivity contribution in [3.8, 4) is 0 Å². The van der Waals surface area contributed by atoms with E-state index in [1.165, 1.54) is 0 Å². The van der Waals surface area contributed by atoms with Crippen LogP contribution in [0, 0.1) is 5.92 Å². The Kier molecular flexibility index (Phi) is 5.61. The lowest BCUT2D eigenvalue weighted by Gasteiger charge is -2.16. The van der Waals surface area contributed by atoms with Crippen molar-refractivity contribution in [1.29, 1.82) is 0 Å². The molecule has 0 spiro atoms. The fraction of sp³-hybridized carbons (Fsp3) is 0.444. The van der Waals surface area contributed by atoms with Gasteiger partial charge in [-0.05, 0) is 31.0 Å². The third-order valence-corrected chi connectivity index (χ3v) is 4.46. The number of anilines is 1. The summed E-state index contributed by atoms with van der Waals surface area (Å²) in [7, 11) is 1.72. The van der Waals surface area contributed by atoms with Crippen LogP contribution in [0.25, 0.3) is 10.8 Å². The molecule has 1 saturated heterocycles. The minimum Gasteiger partial charge on any atom is -0.383 e. The quantitative estimate of drug-likeness (QED) is 0.854. The first-order valence-corrected chi connectivity index (χ1v) is 8.35. The lowest BCUT2D eigenvalue weighted by Crippen LogP contribution is -2.34. The summed E-state index contributed by atoms with van der Waals surface area (Å²) in [6.07, 6.45) is 4.65. The summed E-state index contributed by atoms with van der Waals surface area (Å²) < 4.78 is 5.11. The smallest absolute Gasteiger partial charge is 0.319 e. The van der Waals surface area contributed by atoms with Crippen LogP contribution in [0.4, 0.5) is 10.5 Å². The van der Waals surface area contributed by atoms with E-state index >= 15 is 0 Å². The lowest BCUT2D eigenvalue weighted by atomic mass is 10.1. The Bertz CT molecular complexity index is 686. The molecule has 2 aromatic rings. The highest BCUT2D eigenvalue weighted by Gasteiger charge is 2.22. The molecule has 1 aromatic carbocycles. The van der Waals surface area contributed by atoms with E-state index in [1.807, 2.05) is 24.3 Å². The van der Waals surface area contributed by atoms with Crippen molar-refractivity contribution in [2.24, 2.45) is 5.92 Å². The molecule has 0 aliphatic carbocycles. The summed E-state index contributed by atoms with van der Waals surface area (Å²) in [6.45, 7) is 4.51. The lowest BCUT2D eigenvalue weighted by molar-refractivity contribution is 0.159. The van der Waals surface area contributed by atoms with Crippen molar-refractivity contribution >= 4 is 22.5 Å². The summed E-state index contributed by atoms with van der Waals surface area (Å²) in [5.41, 5.74) is 0.806. The molecule has 24 heavy (non-hydrogen) atoms. The van der Waals surface area contributed by atoms with E-state index in [0.717, 1.165) is 49.1 Å². The largest absolute Gasteiger partial charge is 0.383 e. The van der Waals surface area contributed by atoms with E-state index in [1.54, 1.807) is 19.5 Å². The van der Waals surface area contributed by atoms with Gasteiger partial charge in [0.15, 0.2) is 0 Å². The van der Waals surface area contributed by atoms with Gasteiger partial charge in [0.1, 0.15) is 0 Å². The van der Waals surface area contributed by atoms with Gasteiger partial charge in [0.05, 0.1) is 12.3 Å². The zero-order chi connectivity index (χ0) is 16.8. The number of likely N-dealkylation sites (tertiary alicyclic amines) is 1. The normalized spacial score (nSPS) is 18.0. The number of amides is 2. The summed E-state index contributed by atoms with van der Waals surface area (Å²) in [4.78, 5) is 18.7. The number of rotatable bonds is 6. The third kappa shape index (κ3) is 4.21. The highest BCUT2D eigenvalue weighted by Crippen LogP contribution is 2.22. The molecular weight excluding hydrogens is 304 g/mol. The molecule has 1 aliphatic rings. The van der Waals surface area contributed by atoms with Crippen molar-refractivity contribution in [2.75, 3.05) is 45.2 Å². The van der Waals surface area contributed by atoms with Crippen LogP contribution in [0.5, 0.6) is 0 Å². The van der Waals surface area contributed by atoms with Gasteiger partial charge in [0, 0.05) is 49.9 Å². The first-order chi connectivity index (χ1) is 11.8. The van der Waals surface area contributed by atoms with Crippen LogP contribution in [0.1, 0.15) is 6.42 Å². The molecule has 1 aromatic heterocycles. The molecule has 6 nitrogen and oxygen atoms in total. The molecule has 6 heteroatoms. The second kappa shape index (κ2) is 8.08. The molecule has 2 amide bonds. The predicted molar refractivity (Wildman–Crippen MR) is 95.2 cm³/mol. The van der Waals surface area contributed by atoms with E-state index in [-0.39, 0.29) is 6.03 Å². The van der Waals surface area contributed by atoms with Crippen LogP contribution < -0.4 is 10.6 Å². The van der Waals surface area contributed by atoms with Gasteiger partial charge >= 0.3 is 6.03 Å². The highest BCUT2D eigenvalue weighted by atomic mass is 16.5. The Morgan fingerprint density at radius 3 is 3.21 bits per heavy atom. The Balaban J connectivity index is 1.49. The average Bonchev–Trinajstić information content (AvgIpc) is 3.06. The number of urea groups is 1. The Morgan fingerprint density at radius 2 is 2.33 bits per heavy atom. The van der Waals surface area contributed by atoms with Crippen molar-refractivity contribution in [3.63, 3.8) is 0 Å². The second-order valence-corrected chi connectivity index (χ2v) is 6.19. The van der Waals surface area contributed by atoms with Crippen molar-refractivity contribution in [3.05, 3.63) is 36.7 Å². The molecule has 1 aliphatic heterocycles. The van der Waals surface area contributed by atoms with Crippen LogP contribution in [0.15, 0.2) is 36.7 Å². The molecule has 1 fully saturated rings. The maximum Gasteiger partial charge on any atom is 0.319 e. The Morgan fingerprint density at radius 1 is 1.42 bits per heavy atom. The summed E-state index contributed by atoms with van der Waals surface area (Å²) in [5, 5.41) is 7.94. The summed E-state index contributed by atoms with van der Waals surface area (Å²) in [5.74, 6) is 0.504. The number of nitrogens with one attached hydrogen (secondary N) is 2. The van der Waals surface area contributed by atoms with Gasteiger partial charge in [-0.2, -0.15) is 0 Å². The summed E-state index contributed by atoms with van der Waals surface area (Å²) >= 11 is 0. The molecule has 0 radical (unpaired) electrons. The molecule has 0 saturated carbocycles. The van der Waals surface area contributed by atoms with Crippen LogP contribution in [-0.2, 0) is 4.74 Å². The highest BCUT2D eigenvalue weighted by molar-refractivity contribution is 6.01. The van der Waals surface area contributed by atoms with Gasteiger partial charge < -0.3 is 20.3 Å². The van der Waals surface area contributed by atoms with Crippen LogP contribution in [0.2, 0.25) is 0 Å². The fourth-order valence-corrected chi connectivity index (χ4v) is 3.14. The van der Waals surface area contributed by atoms with Crippen molar-refractivity contribution in [2.45, 2.75) is 6.42 Å². The average molecular weight is 328 g/mol.